The van der Waals surface area contributed by atoms with E-state index in [1.165, 1.54) is 19.3 Å². The number of halogens is 1. The Hall–Kier alpha value is -0.670. The zero-order valence-corrected chi connectivity index (χ0v) is 11.9. The number of carboxylic acids is 1. The van der Waals surface area contributed by atoms with Crippen LogP contribution in [0.2, 0.25) is 5.02 Å². The molecule has 1 aromatic rings. The Morgan fingerprint density at radius 1 is 1.56 bits per heavy atom. The summed E-state index contributed by atoms with van der Waals surface area (Å²) < 4.78 is 0. The highest BCUT2D eigenvalue weighted by Crippen LogP contribution is 2.37. The highest BCUT2D eigenvalue weighted by molar-refractivity contribution is 7.98. The molecule has 2 nitrogen and oxygen atoms in total. The van der Waals surface area contributed by atoms with Gasteiger partial charge in [0.15, 0.2) is 0 Å². The van der Waals surface area contributed by atoms with Gasteiger partial charge >= 0.3 is 5.97 Å². The van der Waals surface area contributed by atoms with Crippen molar-refractivity contribution in [2.24, 2.45) is 5.92 Å². The number of rotatable bonds is 5. The molecule has 98 valence electrons. The van der Waals surface area contributed by atoms with Gasteiger partial charge in [0.1, 0.15) is 0 Å². The van der Waals surface area contributed by atoms with E-state index in [1.807, 2.05) is 24.5 Å². The van der Waals surface area contributed by atoms with E-state index in [2.05, 4.69) is 0 Å². The van der Waals surface area contributed by atoms with Crippen LogP contribution in [0.1, 0.15) is 37.2 Å². The maximum atomic E-state index is 11.4. The lowest BCUT2D eigenvalue weighted by Crippen LogP contribution is -2.20. The third-order valence-electron chi connectivity index (χ3n) is 3.67. The zero-order chi connectivity index (χ0) is 13.1. The van der Waals surface area contributed by atoms with Gasteiger partial charge in [-0.1, -0.05) is 36.9 Å². The first kappa shape index (κ1) is 13.8. The largest absolute Gasteiger partial charge is 0.481 e. The van der Waals surface area contributed by atoms with Crippen molar-refractivity contribution in [1.29, 1.82) is 0 Å². The molecule has 0 amide bonds. The molecule has 0 unspecified atom stereocenters. The number of benzene rings is 1. The summed E-state index contributed by atoms with van der Waals surface area (Å²) in [5, 5.41) is 10.0. The summed E-state index contributed by atoms with van der Waals surface area (Å²) in [6.07, 6.45) is 6.28. The molecule has 1 N–H and O–H groups in total. The molecule has 0 saturated heterocycles. The Kier molecular flexibility index (Phi) is 4.57. The average Bonchev–Trinajstić information content (AvgIpc) is 2.27. The Morgan fingerprint density at radius 3 is 2.72 bits per heavy atom. The minimum atomic E-state index is -0.741. The Labute approximate surface area is 117 Å². The summed E-state index contributed by atoms with van der Waals surface area (Å²) in [6.45, 7) is 0. The second-order valence-corrected chi connectivity index (χ2v) is 6.07. The minimum absolute atomic E-state index is 0.413. The number of hydrogen-bond donors (Lipinski definition) is 1. The second kappa shape index (κ2) is 5.98. The lowest BCUT2D eigenvalue weighted by atomic mass is 9.77. The van der Waals surface area contributed by atoms with Crippen LogP contribution in [0, 0.1) is 5.92 Å². The number of thioether (sulfide) groups is 1. The van der Waals surface area contributed by atoms with E-state index in [1.54, 1.807) is 11.8 Å². The third kappa shape index (κ3) is 3.01. The predicted octanol–water partition coefficient (Wildman–Crippen LogP) is 4.42. The SMILES string of the molecule is CSc1ccc([C@@H](CC2CCC2)C(=O)O)cc1Cl. The maximum Gasteiger partial charge on any atom is 0.310 e. The molecule has 1 aliphatic rings. The first-order valence-electron chi connectivity index (χ1n) is 6.18. The van der Waals surface area contributed by atoms with Crippen LogP contribution in [0.4, 0.5) is 0 Å². The van der Waals surface area contributed by atoms with Crippen molar-refractivity contribution < 1.29 is 9.90 Å². The van der Waals surface area contributed by atoms with Gasteiger partial charge in [0.25, 0.3) is 0 Å². The minimum Gasteiger partial charge on any atom is -0.481 e. The van der Waals surface area contributed by atoms with E-state index < -0.39 is 11.9 Å². The van der Waals surface area contributed by atoms with E-state index in [0.717, 1.165) is 16.9 Å². The molecule has 1 aliphatic carbocycles. The van der Waals surface area contributed by atoms with Gasteiger partial charge in [0.05, 0.1) is 10.9 Å². The maximum absolute atomic E-state index is 11.4. The molecule has 1 fully saturated rings. The molecule has 2 rings (SSSR count). The first-order valence-corrected chi connectivity index (χ1v) is 7.78. The van der Waals surface area contributed by atoms with Gasteiger partial charge in [-0.25, -0.2) is 0 Å². The van der Waals surface area contributed by atoms with Gasteiger partial charge in [-0.3, -0.25) is 4.79 Å². The summed E-state index contributed by atoms with van der Waals surface area (Å²) in [4.78, 5) is 12.4. The molecule has 0 spiro atoms. The fourth-order valence-electron chi connectivity index (χ4n) is 2.34. The van der Waals surface area contributed by atoms with Crippen molar-refractivity contribution in [3.63, 3.8) is 0 Å². The normalized spacial score (nSPS) is 17.2. The fraction of sp³-hybridized carbons (Fsp3) is 0.500. The standard InChI is InChI=1S/C14H17ClO2S/c1-18-13-6-5-10(8-12(13)15)11(14(16)17)7-9-3-2-4-9/h5-6,8-9,11H,2-4,7H2,1H3,(H,16,17)/t11-/m1/s1. The van der Waals surface area contributed by atoms with Crippen LogP contribution >= 0.6 is 23.4 Å². The Balaban J connectivity index is 2.18. The molecule has 0 aliphatic heterocycles. The van der Waals surface area contributed by atoms with Crippen molar-refractivity contribution in [2.75, 3.05) is 6.26 Å². The average molecular weight is 285 g/mol. The zero-order valence-electron chi connectivity index (χ0n) is 10.4. The molecule has 0 aromatic heterocycles. The molecule has 0 radical (unpaired) electrons. The van der Waals surface area contributed by atoms with E-state index >= 15 is 0 Å². The van der Waals surface area contributed by atoms with Crippen molar-refractivity contribution in [2.45, 2.75) is 36.5 Å². The highest BCUT2D eigenvalue weighted by Gasteiger charge is 2.27. The topological polar surface area (TPSA) is 37.3 Å². The highest BCUT2D eigenvalue weighted by atomic mass is 35.5. The summed E-state index contributed by atoms with van der Waals surface area (Å²) in [7, 11) is 0. The molecular weight excluding hydrogens is 268 g/mol. The first-order chi connectivity index (χ1) is 8.61. The van der Waals surface area contributed by atoms with Gasteiger partial charge in [0, 0.05) is 4.90 Å². The van der Waals surface area contributed by atoms with Gasteiger partial charge in [0.2, 0.25) is 0 Å². The van der Waals surface area contributed by atoms with Gasteiger partial charge in [-0.05, 0) is 36.3 Å². The molecule has 0 bridgehead atoms. The van der Waals surface area contributed by atoms with Crippen LogP contribution in [0.25, 0.3) is 0 Å². The van der Waals surface area contributed by atoms with E-state index in [4.69, 9.17) is 11.6 Å². The second-order valence-electron chi connectivity index (χ2n) is 4.82. The lowest BCUT2D eigenvalue weighted by molar-refractivity contribution is -0.139. The summed E-state index contributed by atoms with van der Waals surface area (Å²) in [6, 6.07) is 5.62. The van der Waals surface area contributed by atoms with Crippen LogP contribution in [0.3, 0.4) is 0 Å². The molecule has 4 heteroatoms. The number of hydrogen-bond acceptors (Lipinski definition) is 2. The molecule has 1 atom stereocenters. The van der Waals surface area contributed by atoms with E-state index in [-0.39, 0.29) is 0 Å². The Bertz CT molecular complexity index is 443. The van der Waals surface area contributed by atoms with Gasteiger partial charge < -0.3 is 5.11 Å². The Morgan fingerprint density at radius 2 is 2.28 bits per heavy atom. The van der Waals surface area contributed by atoms with Crippen LogP contribution in [0.5, 0.6) is 0 Å². The van der Waals surface area contributed by atoms with Crippen molar-refractivity contribution in [1.82, 2.24) is 0 Å². The molecule has 1 saturated carbocycles. The number of carboxylic acid groups (broad SMARTS) is 1. The van der Waals surface area contributed by atoms with E-state index in [0.29, 0.717) is 10.9 Å². The van der Waals surface area contributed by atoms with Crippen molar-refractivity contribution >= 4 is 29.3 Å². The summed E-state index contributed by atoms with van der Waals surface area (Å²) >= 11 is 7.72. The van der Waals surface area contributed by atoms with Gasteiger partial charge in [-0.15, -0.1) is 11.8 Å². The van der Waals surface area contributed by atoms with Crippen LogP contribution in [-0.2, 0) is 4.79 Å². The van der Waals surface area contributed by atoms with Crippen molar-refractivity contribution in [3.05, 3.63) is 28.8 Å². The molecule has 18 heavy (non-hydrogen) atoms. The lowest BCUT2D eigenvalue weighted by Gasteiger charge is -2.28. The summed E-state index contributed by atoms with van der Waals surface area (Å²) in [5.41, 5.74) is 0.831. The van der Waals surface area contributed by atoms with E-state index in [9.17, 15) is 9.90 Å². The number of carbonyl (C=O) groups is 1. The summed E-state index contributed by atoms with van der Waals surface area (Å²) in [5.74, 6) is -0.580. The predicted molar refractivity (Wildman–Crippen MR) is 75.6 cm³/mol. The monoisotopic (exact) mass is 284 g/mol. The fourth-order valence-corrected chi connectivity index (χ4v) is 3.22. The van der Waals surface area contributed by atoms with Crippen LogP contribution in [0.15, 0.2) is 23.1 Å². The smallest absolute Gasteiger partial charge is 0.310 e. The molecule has 0 heterocycles. The quantitative estimate of drug-likeness (QED) is 0.813. The van der Waals surface area contributed by atoms with Gasteiger partial charge in [-0.2, -0.15) is 0 Å². The third-order valence-corrected chi connectivity index (χ3v) is 4.89. The van der Waals surface area contributed by atoms with Crippen molar-refractivity contribution in [3.8, 4) is 0 Å². The number of aliphatic carboxylic acids is 1. The molecular formula is C14H17ClO2S. The van der Waals surface area contributed by atoms with Crippen LogP contribution in [-0.4, -0.2) is 17.3 Å². The molecule has 1 aromatic carbocycles. The van der Waals surface area contributed by atoms with Crippen LogP contribution < -0.4 is 0 Å².